The van der Waals surface area contributed by atoms with Gasteiger partial charge in [-0.1, -0.05) is 11.6 Å². The van der Waals surface area contributed by atoms with Crippen molar-refractivity contribution in [3.63, 3.8) is 0 Å². The van der Waals surface area contributed by atoms with Gasteiger partial charge >= 0.3 is 0 Å². The molecule has 0 atom stereocenters. The van der Waals surface area contributed by atoms with Crippen LogP contribution in [-0.4, -0.2) is 61.6 Å². The Morgan fingerprint density at radius 3 is 2.59 bits per heavy atom. The molecule has 1 fully saturated rings. The molecular weight excluding hydrogens is 302 g/mol. The lowest BCUT2D eigenvalue weighted by atomic mass is 10.2. The van der Waals surface area contributed by atoms with Crippen molar-refractivity contribution in [1.82, 2.24) is 9.80 Å². The Balaban J connectivity index is 1.87. The highest BCUT2D eigenvalue weighted by Crippen LogP contribution is 2.27. The average molecular weight is 326 g/mol. The van der Waals surface area contributed by atoms with Gasteiger partial charge in [-0.15, -0.1) is 0 Å². The van der Waals surface area contributed by atoms with Gasteiger partial charge < -0.3 is 10.1 Å². The molecule has 0 bridgehead atoms. The van der Waals surface area contributed by atoms with Gasteiger partial charge in [-0.05, 0) is 32.0 Å². The third-order valence-corrected chi connectivity index (χ3v) is 4.18. The molecule has 0 unspecified atom stereocenters. The number of rotatable bonds is 5. The first-order valence-electron chi connectivity index (χ1n) is 7.59. The van der Waals surface area contributed by atoms with Crippen molar-refractivity contribution >= 4 is 23.2 Å². The lowest BCUT2D eigenvalue weighted by Gasteiger charge is -2.36. The fourth-order valence-electron chi connectivity index (χ4n) is 2.61. The van der Waals surface area contributed by atoms with E-state index in [-0.39, 0.29) is 5.91 Å². The standard InChI is InChI=1S/C16H24ClN3O2/c1-12(2)20-8-6-19(7-9-20)11-16(21)18-14-10-13(17)4-5-15(14)22-3/h4-5,10,12H,6-9,11H2,1-3H3,(H,18,21). The van der Waals surface area contributed by atoms with E-state index >= 15 is 0 Å². The summed E-state index contributed by atoms with van der Waals surface area (Å²) in [7, 11) is 1.57. The molecule has 1 saturated heterocycles. The van der Waals surface area contributed by atoms with Crippen LogP contribution in [0.1, 0.15) is 13.8 Å². The van der Waals surface area contributed by atoms with Crippen molar-refractivity contribution < 1.29 is 9.53 Å². The number of nitrogens with zero attached hydrogens (tertiary/aromatic N) is 2. The number of methoxy groups -OCH3 is 1. The van der Waals surface area contributed by atoms with E-state index < -0.39 is 0 Å². The van der Waals surface area contributed by atoms with Gasteiger partial charge in [-0.2, -0.15) is 0 Å². The van der Waals surface area contributed by atoms with Gasteiger partial charge in [0.15, 0.2) is 0 Å². The molecular formula is C16H24ClN3O2. The fourth-order valence-corrected chi connectivity index (χ4v) is 2.78. The number of hydrogen-bond donors (Lipinski definition) is 1. The third-order valence-electron chi connectivity index (χ3n) is 3.94. The van der Waals surface area contributed by atoms with E-state index in [4.69, 9.17) is 16.3 Å². The maximum atomic E-state index is 12.2. The highest BCUT2D eigenvalue weighted by atomic mass is 35.5. The Bertz CT molecular complexity index is 514. The zero-order valence-electron chi connectivity index (χ0n) is 13.4. The fraction of sp³-hybridized carbons (Fsp3) is 0.562. The van der Waals surface area contributed by atoms with Gasteiger partial charge in [0, 0.05) is 37.2 Å². The van der Waals surface area contributed by atoms with E-state index in [9.17, 15) is 4.79 Å². The number of anilines is 1. The minimum absolute atomic E-state index is 0.0430. The summed E-state index contributed by atoms with van der Waals surface area (Å²) in [5, 5.41) is 3.45. The number of nitrogens with one attached hydrogen (secondary N) is 1. The van der Waals surface area contributed by atoms with Gasteiger partial charge in [0.2, 0.25) is 5.91 Å². The van der Waals surface area contributed by atoms with Gasteiger partial charge in [0.05, 0.1) is 19.3 Å². The number of carbonyl (C=O) groups excluding carboxylic acids is 1. The smallest absolute Gasteiger partial charge is 0.238 e. The monoisotopic (exact) mass is 325 g/mol. The molecule has 22 heavy (non-hydrogen) atoms. The van der Waals surface area contributed by atoms with E-state index in [1.807, 2.05) is 0 Å². The summed E-state index contributed by atoms with van der Waals surface area (Å²) in [6, 6.07) is 5.75. The predicted molar refractivity (Wildman–Crippen MR) is 89.8 cm³/mol. The summed E-state index contributed by atoms with van der Waals surface area (Å²) in [5.41, 5.74) is 0.612. The van der Waals surface area contributed by atoms with Crippen LogP contribution < -0.4 is 10.1 Å². The summed E-state index contributed by atoms with van der Waals surface area (Å²) in [6.07, 6.45) is 0. The Hall–Kier alpha value is -1.30. The number of benzene rings is 1. The average Bonchev–Trinajstić information content (AvgIpc) is 2.48. The molecule has 6 heteroatoms. The van der Waals surface area contributed by atoms with E-state index in [0.29, 0.717) is 29.0 Å². The number of halogens is 1. The molecule has 0 aromatic heterocycles. The highest BCUT2D eigenvalue weighted by molar-refractivity contribution is 6.31. The second-order valence-corrected chi connectivity index (χ2v) is 6.24. The molecule has 1 N–H and O–H groups in total. The van der Waals surface area contributed by atoms with Crippen LogP contribution in [0.15, 0.2) is 18.2 Å². The van der Waals surface area contributed by atoms with Crippen LogP contribution in [0.4, 0.5) is 5.69 Å². The van der Waals surface area contributed by atoms with E-state index in [2.05, 4.69) is 29.0 Å². The zero-order chi connectivity index (χ0) is 16.1. The van der Waals surface area contributed by atoms with E-state index in [0.717, 1.165) is 26.2 Å². The Labute approximate surface area is 137 Å². The van der Waals surface area contributed by atoms with Crippen LogP contribution in [0, 0.1) is 0 Å². The van der Waals surface area contributed by atoms with E-state index in [1.54, 1.807) is 25.3 Å². The summed E-state index contributed by atoms with van der Waals surface area (Å²) in [4.78, 5) is 16.8. The molecule has 1 heterocycles. The first kappa shape index (κ1) is 17.1. The molecule has 0 radical (unpaired) electrons. The summed E-state index contributed by atoms with van der Waals surface area (Å²) in [6.45, 7) is 8.64. The van der Waals surface area contributed by atoms with Gasteiger partial charge in [-0.3, -0.25) is 14.6 Å². The van der Waals surface area contributed by atoms with Crippen molar-refractivity contribution in [1.29, 1.82) is 0 Å². The molecule has 1 aliphatic heterocycles. The van der Waals surface area contributed by atoms with Crippen LogP contribution in [-0.2, 0) is 4.79 Å². The molecule has 5 nitrogen and oxygen atoms in total. The van der Waals surface area contributed by atoms with Gasteiger partial charge in [0.1, 0.15) is 5.75 Å². The molecule has 0 spiro atoms. The molecule has 1 aromatic carbocycles. The number of ether oxygens (including phenoxy) is 1. The minimum atomic E-state index is -0.0430. The SMILES string of the molecule is COc1ccc(Cl)cc1NC(=O)CN1CCN(C(C)C)CC1. The molecule has 0 aliphatic carbocycles. The quantitative estimate of drug-likeness (QED) is 0.902. The van der Waals surface area contributed by atoms with Crippen LogP contribution in [0.2, 0.25) is 5.02 Å². The van der Waals surface area contributed by atoms with Crippen molar-refractivity contribution in [3.05, 3.63) is 23.2 Å². The maximum Gasteiger partial charge on any atom is 0.238 e. The summed E-state index contributed by atoms with van der Waals surface area (Å²) in [5.74, 6) is 0.570. The number of carbonyl (C=O) groups is 1. The predicted octanol–water partition coefficient (Wildman–Crippen LogP) is 2.31. The largest absolute Gasteiger partial charge is 0.495 e. The van der Waals surface area contributed by atoms with Gasteiger partial charge in [-0.25, -0.2) is 0 Å². The lowest BCUT2D eigenvalue weighted by molar-refractivity contribution is -0.117. The van der Waals surface area contributed by atoms with Crippen LogP contribution >= 0.6 is 11.6 Å². The number of piperazine rings is 1. The first-order valence-corrected chi connectivity index (χ1v) is 7.97. The second kappa shape index (κ2) is 7.81. The number of hydrogen-bond acceptors (Lipinski definition) is 4. The minimum Gasteiger partial charge on any atom is -0.495 e. The van der Waals surface area contributed by atoms with Crippen molar-refractivity contribution in [2.24, 2.45) is 0 Å². The Kier molecular flexibility index (Phi) is 6.06. The molecule has 1 amide bonds. The molecule has 0 saturated carbocycles. The number of amides is 1. The molecule has 1 aromatic rings. The summed E-state index contributed by atoms with van der Waals surface area (Å²) < 4.78 is 5.24. The zero-order valence-corrected chi connectivity index (χ0v) is 14.2. The molecule has 122 valence electrons. The highest BCUT2D eigenvalue weighted by Gasteiger charge is 2.20. The molecule has 1 aliphatic rings. The topological polar surface area (TPSA) is 44.8 Å². The summed E-state index contributed by atoms with van der Waals surface area (Å²) >= 11 is 5.97. The van der Waals surface area contributed by atoms with Crippen LogP contribution in [0.5, 0.6) is 5.75 Å². The Morgan fingerprint density at radius 2 is 2.00 bits per heavy atom. The molecule has 2 rings (SSSR count). The van der Waals surface area contributed by atoms with Crippen molar-refractivity contribution in [3.8, 4) is 5.75 Å². The normalized spacial score (nSPS) is 16.8. The maximum absolute atomic E-state index is 12.2. The third kappa shape index (κ3) is 4.60. The Morgan fingerprint density at radius 1 is 1.32 bits per heavy atom. The van der Waals surface area contributed by atoms with Gasteiger partial charge in [0.25, 0.3) is 0 Å². The van der Waals surface area contributed by atoms with Crippen molar-refractivity contribution in [2.45, 2.75) is 19.9 Å². The second-order valence-electron chi connectivity index (χ2n) is 5.80. The lowest BCUT2D eigenvalue weighted by Crippen LogP contribution is -2.50. The first-order chi connectivity index (χ1) is 10.5. The van der Waals surface area contributed by atoms with Crippen molar-refractivity contribution in [2.75, 3.05) is 45.2 Å². The van der Waals surface area contributed by atoms with E-state index in [1.165, 1.54) is 0 Å². The van der Waals surface area contributed by atoms with Crippen LogP contribution in [0.3, 0.4) is 0 Å². The van der Waals surface area contributed by atoms with Crippen LogP contribution in [0.25, 0.3) is 0 Å².